The van der Waals surface area contributed by atoms with Gasteiger partial charge in [-0.3, -0.25) is 0 Å². The van der Waals surface area contributed by atoms with Crippen LogP contribution in [-0.2, 0) is 0 Å². The third kappa shape index (κ3) is 6.09. The van der Waals surface area contributed by atoms with Crippen molar-refractivity contribution < 1.29 is 0 Å². The van der Waals surface area contributed by atoms with Crippen LogP contribution in [-0.4, -0.2) is 12.6 Å². The first-order chi connectivity index (χ1) is 30.3. The Morgan fingerprint density at radius 2 is 0.770 bits per heavy atom. The van der Waals surface area contributed by atoms with E-state index in [1.54, 1.807) is 0 Å². The number of hydrogen-bond acceptors (Lipinski definition) is 1. The maximum absolute atomic E-state index is 2.74. The van der Waals surface area contributed by atoms with E-state index in [0.717, 1.165) is 22.7 Å². The molecule has 0 aliphatic rings. The van der Waals surface area contributed by atoms with E-state index >= 15 is 0 Å². The van der Waals surface area contributed by atoms with Gasteiger partial charge in [0.1, 0.15) is 0 Å². The van der Waals surface area contributed by atoms with Crippen LogP contribution in [0.25, 0.3) is 49.4 Å². The van der Waals surface area contributed by atoms with Gasteiger partial charge in [-0.25, -0.2) is 0 Å². The van der Waals surface area contributed by atoms with Crippen LogP contribution < -0.4 is 25.6 Å². The molecule has 0 saturated carbocycles. The fourth-order valence-electron chi connectivity index (χ4n) is 9.73. The second-order valence-corrected chi connectivity index (χ2v) is 19.4. The van der Waals surface area contributed by atoms with Gasteiger partial charge in [-0.15, -0.1) is 0 Å². The SMILES string of the molecule is c1ccc(-c2cccc3c(N(c4ccc([Si](c5ccccc5)(c5ccccc5)c5ccccc5)cc4)c4cccc5c4c4ccccc4n5-c4ccccc4)cccc23)cc1. The van der Waals surface area contributed by atoms with E-state index < -0.39 is 8.07 Å². The predicted molar refractivity (Wildman–Crippen MR) is 262 cm³/mol. The van der Waals surface area contributed by atoms with E-state index in [1.165, 1.54) is 64.5 Å². The number of para-hydroxylation sites is 2. The number of anilines is 3. The molecule has 0 fully saturated rings. The van der Waals surface area contributed by atoms with Gasteiger partial charge in [-0.2, -0.15) is 0 Å². The molecular formula is C58H42N2Si. The van der Waals surface area contributed by atoms with Crippen molar-refractivity contribution in [2.24, 2.45) is 0 Å². The van der Waals surface area contributed by atoms with E-state index in [4.69, 9.17) is 0 Å². The number of nitrogens with zero attached hydrogens (tertiary/aromatic N) is 2. The summed E-state index contributed by atoms with van der Waals surface area (Å²) in [6.07, 6.45) is 0. The molecule has 1 heterocycles. The molecule has 0 bridgehead atoms. The minimum Gasteiger partial charge on any atom is -0.309 e. The zero-order valence-corrected chi connectivity index (χ0v) is 34.6. The summed E-state index contributed by atoms with van der Waals surface area (Å²) in [6.45, 7) is 0. The summed E-state index contributed by atoms with van der Waals surface area (Å²) in [5, 5.41) is 10.3. The number of fused-ring (bicyclic) bond motifs is 4. The molecule has 1 aromatic heterocycles. The lowest BCUT2D eigenvalue weighted by Crippen LogP contribution is -2.74. The Morgan fingerprint density at radius 1 is 0.311 bits per heavy atom. The minimum atomic E-state index is -2.74. The maximum atomic E-state index is 2.50. The highest BCUT2D eigenvalue weighted by atomic mass is 28.3. The Bertz CT molecular complexity index is 3180. The lowest BCUT2D eigenvalue weighted by molar-refractivity contribution is 1.18. The highest BCUT2D eigenvalue weighted by Gasteiger charge is 2.41. The Hall–Kier alpha value is -7.72. The summed E-state index contributed by atoms with van der Waals surface area (Å²) in [5.74, 6) is 0. The summed E-state index contributed by atoms with van der Waals surface area (Å²) in [4.78, 5) is 2.50. The number of rotatable bonds is 9. The molecule has 11 aromatic rings. The average Bonchev–Trinajstić information content (AvgIpc) is 3.69. The monoisotopic (exact) mass is 794 g/mol. The van der Waals surface area contributed by atoms with Gasteiger partial charge in [0.25, 0.3) is 0 Å². The van der Waals surface area contributed by atoms with Gasteiger partial charge in [-0.1, -0.05) is 206 Å². The van der Waals surface area contributed by atoms with E-state index in [9.17, 15) is 0 Å². The molecule has 0 radical (unpaired) electrons. The van der Waals surface area contributed by atoms with E-state index in [2.05, 4.69) is 264 Å². The Labute approximate surface area is 357 Å². The predicted octanol–water partition coefficient (Wildman–Crippen LogP) is 12.5. The molecule has 0 unspecified atom stereocenters. The average molecular weight is 795 g/mol. The van der Waals surface area contributed by atoms with Crippen LogP contribution in [0.1, 0.15) is 0 Å². The van der Waals surface area contributed by atoms with Crippen molar-refractivity contribution >= 4 is 78.5 Å². The normalized spacial score (nSPS) is 11.6. The summed E-state index contributed by atoms with van der Waals surface area (Å²) in [6, 6.07) is 93.7. The van der Waals surface area contributed by atoms with Crippen LogP contribution in [0.5, 0.6) is 0 Å². The highest BCUT2D eigenvalue weighted by molar-refractivity contribution is 7.19. The quantitative estimate of drug-likeness (QED) is 0.104. The topological polar surface area (TPSA) is 8.17 Å². The Morgan fingerprint density at radius 3 is 1.41 bits per heavy atom. The molecule has 0 spiro atoms. The molecule has 0 aliphatic heterocycles. The van der Waals surface area contributed by atoms with Gasteiger partial charge >= 0.3 is 0 Å². The molecule has 0 N–H and O–H groups in total. The Kier molecular flexibility index (Phi) is 9.22. The number of benzene rings is 10. The maximum Gasteiger partial charge on any atom is 0.179 e. The third-order valence-electron chi connectivity index (χ3n) is 12.3. The molecule has 0 amide bonds. The molecule has 3 heteroatoms. The first-order valence-electron chi connectivity index (χ1n) is 21.0. The van der Waals surface area contributed by atoms with Crippen molar-refractivity contribution in [1.29, 1.82) is 0 Å². The van der Waals surface area contributed by atoms with Gasteiger partial charge in [0.05, 0.1) is 22.4 Å². The molecule has 0 saturated heterocycles. The summed E-state index contributed by atoms with van der Waals surface area (Å²) < 4.78 is 2.41. The van der Waals surface area contributed by atoms with E-state index in [1.807, 2.05) is 0 Å². The van der Waals surface area contributed by atoms with Crippen LogP contribution in [0, 0.1) is 0 Å². The second kappa shape index (κ2) is 15.5. The van der Waals surface area contributed by atoms with Gasteiger partial charge in [0, 0.05) is 27.5 Å². The number of hydrogen-bond donors (Lipinski definition) is 0. The third-order valence-corrected chi connectivity index (χ3v) is 17.1. The van der Waals surface area contributed by atoms with Crippen LogP contribution in [0.3, 0.4) is 0 Å². The summed E-state index contributed by atoms with van der Waals surface area (Å²) >= 11 is 0. The van der Waals surface area contributed by atoms with Crippen molar-refractivity contribution in [2.45, 2.75) is 0 Å². The lowest BCUT2D eigenvalue weighted by atomic mass is 9.96. The molecule has 11 rings (SSSR count). The summed E-state index contributed by atoms with van der Waals surface area (Å²) in [5.41, 5.74) is 9.28. The molecule has 2 nitrogen and oxygen atoms in total. The van der Waals surface area contributed by atoms with Crippen molar-refractivity contribution in [3.8, 4) is 16.8 Å². The fourth-order valence-corrected chi connectivity index (χ4v) is 14.5. The van der Waals surface area contributed by atoms with Gasteiger partial charge in [0.15, 0.2) is 8.07 Å². The standard InChI is InChI=1S/C58H42N2Si/c1-6-21-43(22-7-1)50-32-18-34-52-51(50)33-19-36-54(52)60(57-38-20-37-56-58(57)53-31-16-17-35-55(53)59(56)44-23-8-2-9-24-44)45-39-41-49(42-40-45)61(46-25-10-3-11-26-46,47-27-12-4-13-28-47)48-29-14-5-15-30-48/h1-42H. The number of aromatic nitrogens is 1. The molecule has 0 atom stereocenters. The van der Waals surface area contributed by atoms with Crippen LogP contribution in [0.2, 0.25) is 0 Å². The molecule has 61 heavy (non-hydrogen) atoms. The van der Waals surface area contributed by atoms with Crippen LogP contribution >= 0.6 is 0 Å². The zero-order valence-electron chi connectivity index (χ0n) is 33.6. The zero-order chi connectivity index (χ0) is 40.6. The van der Waals surface area contributed by atoms with Crippen LogP contribution in [0.4, 0.5) is 17.1 Å². The molecule has 10 aromatic carbocycles. The summed E-state index contributed by atoms with van der Waals surface area (Å²) in [7, 11) is -2.74. The molecule has 288 valence electrons. The van der Waals surface area contributed by atoms with E-state index in [0.29, 0.717) is 0 Å². The smallest absolute Gasteiger partial charge is 0.179 e. The van der Waals surface area contributed by atoms with Crippen molar-refractivity contribution in [3.63, 3.8) is 0 Å². The minimum absolute atomic E-state index is 1.10. The lowest BCUT2D eigenvalue weighted by Gasteiger charge is -2.35. The first kappa shape index (κ1) is 36.4. The van der Waals surface area contributed by atoms with Crippen LogP contribution in [0.15, 0.2) is 255 Å². The van der Waals surface area contributed by atoms with Crippen molar-refractivity contribution in [1.82, 2.24) is 4.57 Å². The van der Waals surface area contributed by atoms with Crippen molar-refractivity contribution in [3.05, 3.63) is 255 Å². The largest absolute Gasteiger partial charge is 0.309 e. The first-order valence-corrected chi connectivity index (χ1v) is 23.0. The fraction of sp³-hybridized carbons (Fsp3) is 0. The van der Waals surface area contributed by atoms with Gasteiger partial charge in [-0.05, 0) is 85.8 Å². The molecule has 0 aliphatic carbocycles. The highest BCUT2D eigenvalue weighted by Crippen LogP contribution is 2.46. The Balaban J connectivity index is 1.19. The van der Waals surface area contributed by atoms with Gasteiger partial charge < -0.3 is 9.47 Å². The molecular weight excluding hydrogens is 753 g/mol. The van der Waals surface area contributed by atoms with E-state index in [-0.39, 0.29) is 0 Å². The van der Waals surface area contributed by atoms with Gasteiger partial charge in [0.2, 0.25) is 0 Å². The van der Waals surface area contributed by atoms with Crippen molar-refractivity contribution in [2.75, 3.05) is 4.90 Å². The second-order valence-electron chi connectivity index (χ2n) is 15.6.